The molecular formula is C18H15F3N2O2. The number of amides is 1. The molecule has 4 nitrogen and oxygen atoms in total. The van der Waals surface area contributed by atoms with Crippen molar-refractivity contribution in [1.29, 1.82) is 0 Å². The van der Waals surface area contributed by atoms with Crippen LogP contribution in [0.25, 0.3) is 22.6 Å². The second kappa shape index (κ2) is 6.58. The van der Waals surface area contributed by atoms with Gasteiger partial charge in [-0.05, 0) is 48.9 Å². The van der Waals surface area contributed by atoms with Gasteiger partial charge < -0.3 is 9.73 Å². The number of hydrogen-bond donors (Lipinski definition) is 1. The van der Waals surface area contributed by atoms with E-state index in [1.165, 1.54) is 12.1 Å². The maximum Gasteiger partial charge on any atom is 0.416 e. The Balaban J connectivity index is 1.87. The molecule has 0 saturated heterocycles. The molecule has 1 heterocycles. The minimum atomic E-state index is -4.38. The molecule has 25 heavy (non-hydrogen) atoms. The quantitative estimate of drug-likeness (QED) is 0.700. The van der Waals surface area contributed by atoms with E-state index in [0.29, 0.717) is 28.8 Å². The Morgan fingerprint density at radius 1 is 1.16 bits per heavy atom. The van der Waals surface area contributed by atoms with Gasteiger partial charge in [0.15, 0.2) is 5.58 Å². The number of halogens is 3. The van der Waals surface area contributed by atoms with E-state index >= 15 is 0 Å². The summed E-state index contributed by atoms with van der Waals surface area (Å²) in [5.74, 6) is 0.133. The predicted molar refractivity (Wildman–Crippen MR) is 88.0 cm³/mol. The van der Waals surface area contributed by atoms with E-state index in [0.717, 1.165) is 18.6 Å². The highest BCUT2D eigenvalue weighted by Gasteiger charge is 2.30. The Hall–Kier alpha value is -2.83. The number of alkyl halides is 3. The number of carbonyl (C=O) groups excluding carboxylic acids is 1. The predicted octanol–water partition coefficient (Wildman–Crippen LogP) is 5.25. The Morgan fingerprint density at radius 3 is 2.52 bits per heavy atom. The molecule has 7 heteroatoms. The molecular weight excluding hydrogens is 333 g/mol. The fourth-order valence-electron chi connectivity index (χ4n) is 2.38. The van der Waals surface area contributed by atoms with Gasteiger partial charge in [0, 0.05) is 17.7 Å². The SMILES string of the molecule is CCCC(=O)Nc1ccc2oc(-c3ccc(C(F)(F)F)cc3)nc2c1. The number of fused-ring (bicyclic) bond motifs is 1. The third kappa shape index (κ3) is 3.81. The van der Waals surface area contributed by atoms with E-state index in [1.807, 2.05) is 6.92 Å². The van der Waals surface area contributed by atoms with Gasteiger partial charge in [0.1, 0.15) is 5.52 Å². The molecule has 0 spiro atoms. The van der Waals surface area contributed by atoms with Crippen molar-refractivity contribution in [2.24, 2.45) is 0 Å². The number of hydrogen-bond acceptors (Lipinski definition) is 3. The fraction of sp³-hybridized carbons (Fsp3) is 0.222. The number of oxazole rings is 1. The molecule has 0 fully saturated rings. The Kier molecular flexibility index (Phi) is 4.48. The van der Waals surface area contributed by atoms with E-state index in [2.05, 4.69) is 10.3 Å². The Labute approximate surface area is 141 Å². The minimum absolute atomic E-state index is 0.0895. The molecule has 0 atom stereocenters. The highest BCUT2D eigenvalue weighted by atomic mass is 19.4. The number of carbonyl (C=O) groups is 1. The van der Waals surface area contributed by atoms with Gasteiger partial charge in [-0.1, -0.05) is 6.92 Å². The lowest BCUT2D eigenvalue weighted by Crippen LogP contribution is -2.10. The summed E-state index contributed by atoms with van der Waals surface area (Å²) >= 11 is 0. The number of benzene rings is 2. The summed E-state index contributed by atoms with van der Waals surface area (Å²) < 4.78 is 43.4. The van der Waals surface area contributed by atoms with Crippen molar-refractivity contribution in [1.82, 2.24) is 4.98 Å². The number of nitrogens with zero attached hydrogens (tertiary/aromatic N) is 1. The van der Waals surface area contributed by atoms with Crippen molar-refractivity contribution in [3.05, 3.63) is 48.0 Å². The third-order valence-corrected chi connectivity index (χ3v) is 3.61. The van der Waals surface area contributed by atoms with E-state index < -0.39 is 11.7 Å². The number of rotatable bonds is 4. The lowest BCUT2D eigenvalue weighted by atomic mass is 10.1. The summed E-state index contributed by atoms with van der Waals surface area (Å²) in [6.45, 7) is 1.91. The molecule has 1 aromatic heterocycles. The summed E-state index contributed by atoms with van der Waals surface area (Å²) in [6.07, 6.45) is -3.21. The van der Waals surface area contributed by atoms with Crippen LogP contribution in [0.1, 0.15) is 25.3 Å². The molecule has 0 aliphatic rings. The van der Waals surface area contributed by atoms with Crippen molar-refractivity contribution >= 4 is 22.7 Å². The monoisotopic (exact) mass is 348 g/mol. The molecule has 3 rings (SSSR count). The summed E-state index contributed by atoms with van der Waals surface area (Å²) in [6, 6.07) is 9.63. The van der Waals surface area contributed by atoms with Crippen LogP contribution in [0.3, 0.4) is 0 Å². The molecule has 3 aromatic rings. The highest BCUT2D eigenvalue weighted by molar-refractivity contribution is 5.93. The maximum absolute atomic E-state index is 12.6. The van der Waals surface area contributed by atoms with Gasteiger partial charge in [-0.15, -0.1) is 0 Å². The molecule has 0 aliphatic heterocycles. The van der Waals surface area contributed by atoms with E-state index in [4.69, 9.17) is 4.42 Å². The van der Waals surface area contributed by atoms with Gasteiger partial charge in [0.05, 0.1) is 5.56 Å². The average Bonchev–Trinajstić information content (AvgIpc) is 2.97. The zero-order valence-electron chi connectivity index (χ0n) is 13.4. The Morgan fingerprint density at radius 2 is 1.88 bits per heavy atom. The van der Waals surface area contributed by atoms with E-state index in [-0.39, 0.29) is 11.8 Å². The highest BCUT2D eigenvalue weighted by Crippen LogP contribution is 2.32. The molecule has 2 aromatic carbocycles. The van der Waals surface area contributed by atoms with Crippen molar-refractivity contribution in [2.75, 3.05) is 5.32 Å². The molecule has 0 unspecified atom stereocenters. The lowest BCUT2D eigenvalue weighted by molar-refractivity contribution is -0.137. The van der Waals surface area contributed by atoms with Crippen LogP contribution in [-0.2, 0) is 11.0 Å². The largest absolute Gasteiger partial charge is 0.436 e. The first-order valence-electron chi connectivity index (χ1n) is 7.75. The zero-order chi connectivity index (χ0) is 18.0. The first-order valence-corrected chi connectivity index (χ1v) is 7.75. The normalized spacial score (nSPS) is 11.7. The van der Waals surface area contributed by atoms with Gasteiger partial charge in [-0.2, -0.15) is 13.2 Å². The number of nitrogens with one attached hydrogen (secondary N) is 1. The number of aromatic nitrogens is 1. The number of anilines is 1. The van der Waals surface area contributed by atoms with Gasteiger partial charge in [0.25, 0.3) is 0 Å². The topological polar surface area (TPSA) is 55.1 Å². The maximum atomic E-state index is 12.6. The van der Waals surface area contributed by atoms with Crippen LogP contribution in [0.5, 0.6) is 0 Å². The summed E-state index contributed by atoms with van der Waals surface area (Å²) in [5.41, 5.74) is 1.32. The molecule has 0 radical (unpaired) electrons. The van der Waals surface area contributed by atoms with Crippen molar-refractivity contribution < 1.29 is 22.4 Å². The molecule has 130 valence electrons. The van der Waals surface area contributed by atoms with Crippen LogP contribution >= 0.6 is 0 Å². The summed E-state index contributed by atoms with van der Waals surface area (Å²) in [5, 5.41) is 2.76. The summed E-state index contributed by atoms with van der Waals surface area (Å²) in [7, 11) is 0. The van der Waals surface area contributed by atoms with Crippen molar-refractivity contribution in [3.63, 3.8) is 0 Å². The van der Waals surface area contributed by atoms with Crippen LogP contribution in [0.2, 0.25) is 0 Å². The van der Waals surface area contributed by atoms with Crippen LogP contribution in [0, 0.1) is 0 Å². The molecule has 0 aliphatic carbocycles. The van der Waals surface area contributed by atoms with Gasteiger partial charge in [0.2, 0.25) is 11.8 Å². The first-order chi connectivity index (χ1) is 11.9. The molecule has 0 saturated carbocycles. The second-order valence-electron chi connectivity index (χ2n) is 5.57. The molecule has 1 N–H and O–H groups in total. The van der Waals surface area contributed by atoms with Crippen LogP contribution < -0.4 is 5.32 Å². The molecule has 1 amide bonds. The standard InChI is InChI=1S/C18H15F3N2O2/c1-2-3-16(24)22-13-8-9-15-14(10-13)23-17(25-15)11-4-6-12(7-5-11)18(19,20)21/h4-10H,2-3H2,1H3,(H,22,24). The molecule has 0 bridgehead atoms. The van der Waals surface area contributed by atoms with E-state index in [1.54, 1.807) is 18.2 Å². The second-order valence-corrected chi connectivity index (χ2v) is 5.57. The smallest absolute Gasteiger partial charge is 0.416 e. The fourth-order valence-corrected chi connectivity index (χ4v) is 2.38. The van der Waals surface area contributed by atoms with Gasteiger partial charge in [-0.3, -0.25) is 4.79 Å². The van der Waals surface area contributed by atoms with Crippen LogP contribution in [0.15, 0.2) is 46.9 Å². The Bertz CT molecular complexity index is 899. The first kappa shape index (κ1) is 17.0. The minimum Gasteiger partial charge on any atom is -0.436 e. The average molecular weight is 348 g/mol. The van der Waals surface area contributed by atoms with Crippen molar-refractivity contribution in [2.45, 2.75) is 25.9 Å². The van der Waals surface area contributed by atoms with Gasteiger partial charge in [-0.25, -0.2) is 4.98 Å². The van der Waals surface area contributed by atoms with E-state index in [9.17, 15) is 18.0 Å². The van der Waals surface area contributed by atoms with Gasteiger partial charge >= 0.3 is 6.18 Å². The van der Waals surface area contributed by atoms with Crippen LogP contribution in [-0.4, -0.2) is 10.9 Å². The summed E-state index contributed by atoms with van der Waals surface area (Å²) in [4.78, 5) is 15.9. The van der Waals surface area contributed by atoms with Crippen molar-refractivity contribution in [3.8, 4) is 11.5 Å². The third-order valence-electron chi connectivity index (χ3n) is 3.61. The van der Waals surface area contributed by atoms with Crippen LogP contribution in [0.4, 0.5) is 18.9 Å². The zero-order valence-corrected chi connectivity index (χ0v) is 13.4. The lowest BCUT2D eigenvalue weighted by Gasteiger charge is -2.05.